The lowest BCUT2D eigenvalue weighted by Gasteiger charge is -2.10. The summed E-state index contributed by atoms with van der Waals surface area (Å²) in [6.07, 6.45) is 1.38. The molecule has 1 amide bonds. The lowest BCUT2D eigenvalue weighted by Crippen LogP contribution is -2.20. The summed E-state index contributed by atoms with van der Waals surface area (Å²) in [5.41, 5.74) is 6.01. The maximum atomic E-state index is 11.8. The van der Waals surface area contributed by atoms with Crippen molar-refractivity contribution in [2.24, 2.45) is 0 Å². The SMILES string of the molecule is COc1ccc(NC(=O)Cn2ncc(N)n2)cc1OC. The van der Waals surface area contributed by atoms with Gasteiger partial charge in [-0.05, 0) is 12.1 Å². The Bertz CT molecular complexity index is 611. The Balaban J connectivity index is 2.04. The predicted octanol–water partition coefficient (Wildman–Crippen LogP) is 0.516. The van der Waals surface area contributed by atoms with Gasteiger partial charge in [-0.2, -0.15) is 9.90 Å². The van der Waals surface area contributed by atoms with Gasteiger partial charge in [0.15, 0.2) is 17.3 Å². The molecule has 8 nitrogen and oxygen atoms in total. The van der Waals surface area contributed by atoms with Gasteiger partial charge in [-0.1, -0.05) is 0 Å². The van der Waals surface area contributed by atoms with E-state index in [0.29, 0.717) is 17.2 Å². The molecule has 1 aromatic heterocycles. The number of hydrogen-bond donors (Lipinski definition) is 2. The number of carbonyl (C=O) groups excluding carboxylic acids is 1. The summed E-state index contributed by atoms with van der Waals surface area (Å²) in [4.78, 5) is 13.0. The van der Waals surface area contributed by atoms with Crippen molar-refractivity contribution in [1.29, 1.82) is 0 Å². The summed E-state index contributed by atoms with van der Waals surface area (Å²) < 4.78 is 10.3. The molecule has 0 aliphatic heterocycles. The van der Waals surface area contributed by atoms with Gasteiger partial charge < -0.3 is 20.5 Å². The molecule has 0 aliphatic rings. The van der Waals surface area contributed by atoms with Crippen LogP contribution in [0.3, 0.4) is 0 Å². The lowest BCUT2D eigenvalue weighted by atomic mass is 10.2. The minimum absolute atomic E-state index is 0.0223. The molecule has 0 radical (unpaired) electrons. The van der Waals surface area contributed by atoms with E-state index in [2.05, 4.69) is 15.5 Å². The molecule has 0 aliphatic carbocycles. The van der Waals surface area contributed by atoms with Gasteiger partial charge in [0.2, 0.25) is 5.91 Å². The van der Waals surface area contributed by atoms with E-state index >= 15 is 0 Å². The second-order valence-electron chi connectivity index (χ2n) is 3.92. The molecule has 2 rings (SSSR count). The zero-order chi connectivity index (χ0) is 14.5. The third-order valence-electron chi connectivity index (χ3n) is 2.51. The molecule has 0 saturated carbocycles. The molecule has 20 heavy (non-hydrogen) atoms. The van der Waals surface area contributed by atoms with Crippen molar-refractivity contribution < 1.29 is 14.3 Å². The monoisotopic (exact) mass is 277 g/mol. The van der Waals surface area contributed by atoms with Crippen LogP contribution in [0.15, 0.2) is 24.4 Å². The van der Waals surface area contributed by atoms with Crippen LogP contribution in [0.5, 0.6) is 11.5 Å². The molecule has 106 valence electrons. The fourth-order valence-electron chi connectivity index (χ4n) is 1.63. The standard InChI is InChI=1S/C12H15N5O3/c1-19-9-4-3-8(5-10(9)20-2)15-12(18)7-17-14-6-11(13)16-17/h3-6H,7H2,1-2H3,(H2,13,16)(H,15,18). The van der Waals surface area contributed by atoms with Crippen molar-refractivity contribution in [2.75, 3.05) is 25.3 Å². The van der Waals surface area contributed by atoms with E-state index in [9.17, 15) is 4.79 Å². The topological polar surface area (TPSA) is 104 Å². The van der Waals surface area contributed by atoms with Crippen LogP contribution in [0, 0.1) is 0 Å². The first-order valence-electron chi connectivity index (χ1n) is 5.80. The number of rotatable bonds is 5. The van der Waals surface area contributed by atoms with Crippen LogP contribution in [0.25, 0.3) is 0 Å². The van der Waals surface area contributed by atoms with Gasteiger partial charge in [0.05, 0.1) is 20.4 Å². The van der Waals surface area contributed by atoms with Crippen LogP contribution in [0.4, 0.5) is 11.5 Å². The zero-order valence-electron chi connectivity index (χ0n) is 11.2. The quantitative estimate of drug-likeness (QED) is 0.825. The number of aromatic nitrogens is 3. The minimum atomic E-state index is -0.271. The first-order chi connectivity index (χ1) is 9.62. The Hall–Kier alpha value is -2.77. The van der Waals surface area contributed by atoms with Crippen LogP contribution < -0.4 is 20.5 Å². The number of nitrogen functional groups attached to an aromatic ring is 1. The van der Waals surface area contributed by atoms with Gasteiger partial charge >= 0.3 is 0 Å². The van der Waals surface area contributed by atoms with Crippen LogP contribution >= 0.6 is 0 Å². The minimum Gasteiger partial charge on any atom is -0.493 e. The Morgan fingerprint density at radius 2 is 2.10 bits per heavy atom. The number of ether oxygens (including phenoxy) is 2. The van der Waals surface area contributed by atoms with Crippen molar-refractivity contribution in [3.8, 4) is 11.5 Å². The van der Waals surface area contributed by atoms with E-state index in [0.717, 1.165) is 0 Å². The average molecular weight is 277 g/mol. The highest BCUT2D eigenvalue weighted by Gasteiger charge is 2.09. The van der Waals surface area contributed by atoms with Crippen molar-refractivity contribution >= 4 is 17.4 Å². The molecule has 0 atom stereocenters. The summed E-state index contributed by atoms with van der Waals surface area (Å²) >= 11 is 0. The fraction of sp³-hybridized carbons (Fsp3) is 0.250. The lowest BCUT2D eigenvalue weighted by molar-refractivity contribution is -0.117. The Labute approximate surface area is 115 Å². The van der Waals surface area contributed by atoms with Gasteiger partial charge in [-0.15, -0.1) is 5.10 Å². The van der Waals surface area contributed by atoms with Gasteiger partial charge in [0.25, 0.3) is 0 Å². The number of nitrogens with two attached hydrogens (primary N) is 1. The van der Waals surface area contributed by atoms with E-state index in [1.54, 1.807) is 25.3 Å². The number of nitrogens with zero attached hydrogens (tertiary/aromatic N) is 3. The van der Waals surface area contributed by atoms with Crippen molar-refractivity contribution in [3.05, 3.63) is 24.4 Å². The molecule has 1 heterocycles. The van der Waals surface area contributed by atoms with Gasteiger partial charge in [0.1, 0.15) is 6.54 Å². The van der Waals surface area contributed by atoms with E-state index in [1.165, 1.54) is 18.1 Å². The second-order valence-corrected chi connectivity index (χ2v) is 3.92. The van der Waals surface area contributed by atoms with E-state index in [1.807, 2.05) is 0 Å². The van der Waals surface area contributed by atoms with Gasteiger partial charge in [0, 0.05) is 11.8 Å². The van der Waals surface area contributed by atoms with E-state index in [4.69, 9.17) is 15.2 Å². The number of benzene rings is 1. The van der Waals surface area contributed by atoms with Crippen LogP contribution in [-0.2, 0) is 11.3 Å². The van der Waals surface area contributed by atoms with E-state index < -0.39 is 0 Å². The number of anilines is 2. The highest BCUT2D eigenvalue weighted by molar-refractivity contribution is 5.90. The molecule has 0 saturated heterocycles. The molecule has 1 aromatic carbocycles. The largest absolute Gasteiger partial charge is 0.493 e. The summed E-state index contributed by atoms with van der Waals surface area (Å²) in [6.45, 7) is -0.0223. The molecule has 3 N–H and O–H groups in total. The molecule has 0 unspecified atom stereocenters. The van der Waals surface area contributed by atoms with Crippen molar-refractivity contribution in [2.45, 2.75) is 6.54 Å². The van der Waals surface area contributed by atoms with Crippen molar-refractivity contribution in [3.63, 3.8) is 0 Å². The van der Waals surface area contributed by atoms with Crippen molar-refractivity contribution in [1.82, 2.24) is 15.0 Å². The Morgan fingerprint density at radius 1 is 1.35 bits per heavy atom. The molecule has 0 fully saturated rings. The van der Waals surface area contributed by atoms with Gasteiger partial charge in [-0.25, -0.2) is 0 Å². The molecular formula is C12H15N5O3. The van der Waals surface area contributed by atoms with Crippen LogP contribution in [-0.4, -0.2) is 35.1 Å². The van der Waals surface area contributed by atoms with Crippen LogP contribution in [0.2, 0.25) is 0 Å². The third-order valence-corrected chi connectivity index (χ3v) is 2.51. The first-order valence-corrected chi connectivity index (χ1v) is 5.80. The number of methoxy groups -OCH3 is 2. The Kier molecular flexibility index (Phi) is 4.04. The summed E-state index contributed by atoms with van der Waals surface area (Å²) in [5.74, 6) is 1.12. The van der Waals surface area contributed by atoms with Crippen LogP contribution in [0.1, 0.15) is 0 Å². The number of nitrogens with one attached hydrogen (secondary N) is 1. The summed E-state index contributed by atoms with van der Waals surface area (Å²) in [6, 6.07) is 5.09. The number of carbonyl (C=O) groups is 1. The highest BCUT2D eigenvalue weighted by atomic mass is 16.5. The summed E-state index contributed by atoms with van der Waals surface area (Å²) in [7, 11) is 3.07. The second kappa shape index (κ2) is 5.91. The molecule has 8 heteroatoms. The number of hydrogen-bond acceptors (Lipinski definition) is 6. The number of amides is 1. The van der Waals surface area contributed by atoms with Gasteiger partial charge in [-0.3, -0.25) is 4.79 Å². The zero-order valence-corrected chi connectivity index (χ0v) is 11.2. The predicted molar refractivity (Wildman–Crippen MR) is 72.6 cm³/mol. The van der Waals surface area contributed by atoms with E-state index in [-0.39, 0.29) is 18.3 Å². The fourth-order valence-corrected chi connectivity index (χ4v) is 1.63. The molecular weight excluding hydrogens is 262 g/mol. The average Bonchev–Trinajstić information content (AvgIpc) is 2.83. The summed E-state index contributed by atoms with van der Waals surface area (Å²) in [5, 5.41) is 10.4. The Morgan fingerprint density at radius 3 is 2.70 bits per heavy atom. The first kappa shape index (κ1) is 13.7. The third kappa shape index (κ3) is 3.16. The molecule has 2 aromatic rings. The molecule has 0 bridgehead atoms. The molecule has 0 spiro atoms. The maximum Gasteiger partial charge on any atom is 0.247 e. The highest BCUT2D eigenvalue weighted by Crippen LogP contribution is 2.29. The smallest absolute Gasteiger partial charge is 0.247 e. The maximum absolute atomic E-state index is 11.8. The normalized spacial score (nSPS) is 10.1.